The number of esters is 1. The highest BCUT2D eigenvalue weighted by Crippen LogP contribution is 2.35. The second-order valence-electron chi connectivity index (χ2n) is 5.73. The Morgan fingerprint density at radius 3 is 2.12 bits per heavy atom. The molecule has 0 aromatic heterocycles. The first-order valence-corrected chi connectivity index (χ1v) is 7.95. The maximum Gasteiger partial charge on any atom is 0.340 e. The van der Waals surface area contributed by atoms with Crippen LogP contribution in [0.5, 0.6) is 11.5 Å². The SMILES string of the molecule is COC(=O)c1cc(OC)c(OC)cc1NC(=O)[C@@H]1CC=CC[C@@H]1C(=O)O. The van der Waals surface area contributed by atoms with Crippen LogP contribution in [0.2, 0.25) is 0 Å². The smallest absolute Gasteiger partial charge is 0.340 e. The van der Waals surface area contributed by atoms with Gasteiger partial charge in [0.2, 0.25) is 5.91 Å². The number of carboxylic acids is 1. The van der Waals surface area contributed by atoms with E-state index in [0.717, 1.165) is 0 Å². The summed E-state index contributed by atoms with van der Waals surface area (Å²) in [5.74, 6) is -3.13. The third-order valence-electron chi connectivity index (χ3n) is 4.27. The van der Waals surface area contributed by atoms with Crippen LogP contribution in [0.1, 0.15) is 23.2 Å². The van der Waals surface area contributed by atoms with E-state index in [9.17, 15) is 19.5 Å². The number of rotatable bonds is 6. The number of carbonyl (C=O) groups excluding carboxylic acids is 2. The minimum Gasteiger partial charge on any atom is -0.493 e. The number of hydrogen-bond donors (Lipinski definition) is 2. The number of allylic oxidation sites excluding steroid dienone is 2. The third kappa shape index (κ3) is 3.96. The molecule has 140 valence electrons. The maximum absolute atomic E-state index is 12.7. The van der Waals surface area contributed by atoms with Gasteiger partial charge in [0.1, 0.15) is 0 Å². The van der Waals surface area contributed by atoms with Gasteiger partial charge in [-0.2, -0.15) is 0 Å². The fraction of sp³-hybridized carbons (Fsp3) is 0.389. The lowest BCUT2D eigenvalue weighted by Gasteiger charge is -2.24. The molecule has 0 aliphatic heterocycles. The predicted molar refractivity (Wildman–Crippen MR) is 92.5 cm³/mol. The molecule has 0 saturated heterocycles. The number of ether oxygens (including phenoxy) is 3. The lowest BCUT2D eigenvalue weighted by molar-refractivity contribution is -0.146. The molecular weight excluding hydrogens is 342 g/mol. The monoisotopic (exact) mass is 363 g/mol. The van der Waals surface area contributed by atoms with E-state index in [-0.39, 0.29) is 17.7 Å². The fourth-order valence-corrected chi connectivity index (χ4v) is 2.86. The Kier molecular flexibility index (Phi) is 6.21. The summed E-state index contributed by atoms with van der Waals surface area (Å²) in [5, 5.41) is 12.0. The Labute approximate surface area is 150 Å². The average Bonchev–Trinajstić information content (AvgIpc) is 2.66. The number of anilines is 1. The van der Waals surface area contributed by atoms with Crippen molar-refractivity contribution < 1.29 is 33.7 Å². The first-order valence-electron chi connectivity index (χ1n) is 7.95. The fourth-order valence-electron chi connectivity index (χ4n) is 2.86. The van der Waals surface area contributed by atoms with Gasteiger partial charge >= 0.3 is 11.9 Å². The molecule has 26 heavy (non-hydrogen) atoms. The highest BCUT2D eigenvalue weighted by Gasteiger charge is 2.34. The van der Waals surface area contributed by atoms with Crippen LogP contribution >= 0.6 is 0 Å². The van der Waals surface area contributed by atoms with Crippen molar-refractivity contribution in [2.45, 2.75) is 12.8 Å². The van der Waals surface area contributed by atoms with Gasteiger partial charge in [0.15, 0.2) is 11.5 Å². The summed E-state index contributed by atoms with van der Waals surface area (Å²) in [4.78, 5) is 36.1. The van der Waals surface area contributed by atoms with Crippen molar-refractivity contribution in [1.29, 1.82) is 0 Å². The molecule has 8 nitrogen and oxygen atoms in total. The summed E-state index contributed by atoms with van der Waals surface area (Å²) in [5.41, 5.74) is 0.245. The number of nitrogens with one attached hydrogen (secondary N) is 1. The molecule has 0 saturated carbocycles. The number of carboxylic acid groups (broad SMARTS) is 1. The highest BCUT2D eigenvalue weighted by molar-refractivity contribution is 6.03. The van der Waals surface area contributed by atoms with Crippen molar-refractivity contribution in [2.75, 3.05) is 26.6 Å². The third-order valence-corrected chi connectivity index (χ3v) is 4.27. The van der Waals surface area contributed by atoms with E-state index in [1.54, 1.807) is 12.2 Å². The summed E-state index contributed by atoms with van der Waals surface area (Å²) in [6.45, 7) is 0. The molecule has 0 spiro atoms. The summed E-state index contributed by atoms with van der Waals surface area (Å²) >= 11 is 0. The van der Waals surface area contributed by atoms with Gasteiger partial charge in [-0.25, -0.2) is 4.79 Å². The molecule has 2 rings (SSSR count). The van der Waals surface area contributed by atoms with Crippen LogP contribution in [0.15, 0.2) is 24.3 Å². The van der Waals surface area contributed by atoms with E-state index < -0.39 is 29.7 Å². The molecule has 8 heteroatoms. The number of carbonyl (C=O) groups is 3. The average molecular weight is 363 g/mol. The molecule has 2 N–H and O–H groups in total. The molecule has 1 amide bonds. The number of benzene rings is 1. The van der Waals surface area contributed by atoms with Crippen molar-refractivity contribution in [3.8, 4) is 11.5 Å². The van der Waals surface area contributed by atoms with Crippen LogP contribution in [0, 0.1) is 11.8 Å². The number of aliphatic carboxylic acids is 1. The summed E-state index contributed by atoms with van der Waals surface area (Å²) in [6, 6.07) is 2.84. The molecule has 1 aliphatic carbocycles. The molecule has 0 fully saturated rings. The zero-order valence-corrected chi connectivity index (χ0v) is 14.8. The van der Waals surface area contributed by atoms with E-state index in [0.29, 0.717) is 17.9 Å². The van der Waals surface area contributed by atoms with Crippen molar-refractivity contribution in [3.63, 3.8) is 0 Å². The second kappa shape index (κ2) is 8.37. The molecule has 1 aromatic rings. The summed E-state index contributed by atoms with van der Waals surface area (Å²) < 4.78 is 15.1. The van der Waals surface area contributed by atoms with Crippen LogP contribution in [-0.2, 0) is 14.3 Å². The Morgan fingerprint density at radius 1 is 1.00 bits per heavy atom. The van der Waals surface area contributed by atoms with Crippen molar-refractivity contribution in [2.24, 2.45) is 11.8 Å². The molecule has 1 aliphatic rings. The lowest BCUT2D eigenvalue weighted by Crippen LogP contribution is -2.35. The van der Waals surface area contributed by atoms with Gasteiger partial charge in [0.05, 0.1) is 44.4 Å². The minimum absolute atomic E-state index is 0.0803. The van der Waals surface area contributed by atoms with Gasteiger partial charge in [0, 0.05) is 12.1 Å². The second-order valence-corrected chi connectivity index (χ2v) is 5.73. The standard InChI is InChI=1S/C18H21NO7/c1-24-14-8-12(18(23)26-3)13(9-15(14)25-2)19-16(20)10-6-4-5-7-11(10)17(21)22/h4-5,8-11H,6-7H2,1-3H3,(H,19,20)(H,21,22)/t10-,11+/m1/s1. The van der Waals surface area contributed by atoms with Gasteiger partial charge < -0.3 is 24.6 Å². The van der Waals surface area contributed by atoms with Crippen LogP contribution in [-0.4, -0.2) is 44.3 Å². The highest BCUT2D eigenvalue weighted by atomic mass is 16.5. The van der Waals surface area contributed by atoms with Gasteiger partial charge in [-0.3, -0.25) is 9.59 Å². The van der Waals surface area contributed by atoms with E-state index >= 15 is 0 Å². The Balaban J connectivity index is 2.37. The number of methoxy groups -OCH3 is 3. The van der Waals surface area contributed by atoms with E-state index in [2.05, 4.69) is 5.32 Å². The van der Waals surface area contributed by atoms with Crippen LogP contribution in [0.4, 0.5) is 5.69 Å². The first kappa shape index (κ1) is 19.3. The molecule has 0 unspecified atom stereocenters. The first-order chi connectivity index (χ1) is 12.4. The summed E-state index contributed by atoms with van der Waals surface area (Å²) in [7, 11) is 4.06. The topological polar surface area (TPSA) is 111 Å². The molecule has 0 heterocycles. The van der Waals surface area contributed by atoms with Crippen LogP contribution in [0.25, 0.3) is 0 Å². The Hall–Kier alpha value is -3.03. The van der Waals surface area contributed by atoms with Crippen molar-refractivity contribution >= 4 is 23.5 Å². The number of hydrogen-bond acceptors (Lipinski definition) is 6. The maximum atomic E-state index is 12.7. The van der Waals surface area contributed by atoms with E-state index in [4.69, 9.17) is 14.2 Å². The van der Waals surface area contributed by atoms with Gasteiger partial charge in [-0.15, -0.1) is 0 Å². The van der Waals surface area contributed by atoms with Crippen molar-refractivity contribution in [1.82, 2.24) is 0 Å². The van der Waals surface area contributed by atoms with Gasteiger partial charge in [-0.05, 0) is 12.8 Å². The Morgan fingerprint density at radius 2 is 1.58 bits per heavy atom. The van der Waals surface area contributed by atoms with E-state index in [1.165, 1.54) is 33.5 Å². The normalized spacial score (nSPS) is 18.7. The summed E-state index contributed by atoms with van der Waals surface area (Å²) in [6.07, 6.45) is 4.12. The largest absolute Gasteiger partial charge is 0.493 e. The molecular formula is C18H21NO7. The predicted octanol–water partition coefficient (Wildman–Crippen LogP) is 2.10. The van der Waals surface area contributed by atoms with Crippen LogP contribution < -0.4 is 14.8 Å². The molecule has 0 radical (unpaired) electrons. The van der Waals surface area contributed by atoms with Crippen LogP contribution in [0.3, 0.4) is 0 Å². The zero-order chi connectivity index (χ0) is 19.3. The quantitative estimate of drug-likeness (QED) is 0.588. The van der Waals surface area contributed by atoms with Gasteiger partial charge in [-0.1, -0.05) is 12.2 Å². The van der Waals surface area contributed by atoms with E-state index in [1.807, 2.05) is 0 Å². The lowest BCUT2D eigenvalue weighted by atomic mass is 9.82. The molecule has 0 bridgehead atoms. The molecule has 1 aromatic carbocycles. The van der Waals surface area contributed by atoms with Crippen molar-refractivity contribution in [3.05, 3.63) is 29.8 Å². The minimum atomic E-state index is -1.03. The Bertz CT molecular complexity index is 741. The van der Waals surface area contributed by atoms with Gasteiger partial charge in [0.25, 0.3) is 0 Å². The molecule has 2 atom stereocenters. The zero-order valence-electron chi connectivity index (χ0n) is 14.8. The number of amides is 1.